The molecule has 2 heteroatoms. The van der Waals surface area contributed by atoms with E-state index >= 15 is 0 Å². The Morgan fingerprint density at radius 1 is 0.742 bits per heavy atom. The number of rotatable bonds is 9. The van der Waals surface area contributed by atoms with Crippen molar-refractivity contribution in [3.8, 4) is 5.75 Å². The summed E-state index contributed by atoms with van der Waals surface area (Å²) in [5.41, 5.74) is 6.73. The minimum Gasteiger partial charge on any atom is -0.492 e. The first-order valence-electron chi connectivity index (χ1n) is 11.6. The largest absolute Gasteiger partial charge is 0.492 e. The fourth-order valence-electron chi connectivity index (χ4n) is 4.47. The van der Waals surface area contributed by atoms with Crippen LogP contribution in [-0.4, -0.2) is 31.1 Å². The molecule has 0 unspecified atom stereocenters. The summed E-state index contributed by atoms with van der Waals surface area (Å²) >= 11 is 0. The summed E-state index contributed by atoms with van der Waals surface area (Å²) in [6.07, 6.45) is 4.58. The molecule has 1 aliphatic heterocycles. The average Bonchev–Trinajstić information content (AvgIpc) is 3.35. The lowest BCUT2D eigenvalue weighted by Crippen LogP contribution is -2.25. The van der Waals surface area contributed by atoms with Crippen molar-refractivity contribution >= 4 is 11.1 Å². The van der Waals surface area contributed by atoms with E-state index in [1.54, 1.807) is 0 Å². The van der Waals surface area contributed by atoms with Gasteiger partial charge in [0.25, 0.3) is 0 Å². The second-order valence-electron chi connectivity index (χ2n) is 8.26. The number of ether oxygens (including phenoxy) is 1. The molecule has 1 aliphatic rings. The molecule has 160 valence electrons. The van der Waals surface area contributed by atoms with Crippen LogP contribution in [0.3, 0.4) is 0 Å². The van der Waals surface area contributed by atoms with Crippen LogP contribution in [0.2, 0.25) is 0 Å². The highest BCUT2D eigenvalue weighted by Crippen LogP contribution is 2.32. The van der Waals surface area contributed by atoms with E-state index in [0.29, 0.717) is 0 Å². The molecule has 1 saturated heterocycles. The maximum Gasteiger partial charge on any atom is 0.119 e. The van der Waals surface area contributed by atoms with Crippen LogP contribution in [-0.2, 0) is 6.42 Å². The maximum atomic E-state index is 6.02. The van der Waals surface area contributed by atoms with Crippen LogP contribution in [0.4, 0.5) is 0 Å². The van der Waals surface area contributed by atoms with Crippen molar-refractivity contribution in [3.05, 3.63) is 102 Å². The van der Waals surface area contributed by atoms with Gasteiger partial charge in [-0.15, -0.1) is 0 Å². The molecule has 1 fully saturated rings. The van der Waals surface area contributed by atoms with Gasteiger partial charge < -0.3 is 4.74 Å². The van der Waals surface area contributed by atoms with Crippen molar-refractivity contribution in [2.45, 2.75) is 32.6 Å². The van der Waals surface area contributed by atoms with Gasteiger partial charge >= 0.3 is 0 Å². The van der Waals surface area contributed by atoms with Crippen molar-refractivity contribution in [2.75, 3.05) is 26.2 Å². The molecular weight excluding hydrogens is 378 g/mol. The first kappa shape index (κ1) is 21.4. The minimum atomic E-state index is 0.763. The first-order valence-corrected chi connectivity index (χ1v) is 11.6. The third-order valence-corrected chi connectivity index (χ3v) is 6.14. The number of likely N-dealkylation sites (tertiary alicyclic amines) is 1. The van der Waals surface area contributed by atoms with Gasteiger partial charge in [-0.2, -0.15) is 0 Å². The third-order valence-electron chi connectivity index (χ3n) is 6.14. The molecule has 3 aromatic rings. The molecule has 0 amide bonds. The molecule has 2 nitrogen and oxygen atoms in total. The smallest absolute Gasteiger partial charge is 0.119 e. The number of allylic oxidation sites excluding steroid dienone is 2. The van der Waals surface area contributed by atoms with Gasteiger partial charge in [0, 0.05) is 6.54 Å². The Hall–Kier alpha value is -2.84. The molecule has 0 aromatic heterocycles. The fourth-order valence-corrected chi connectivity index (χ4v) is 4.47. The predicted octanol–water partition coefficient (Wildman–Crippen LogP) is 6.72. The Bertz CT molecular complexity index is 955. The van der Waals surface area contributed by atoms with Gasteiger partial charge in [0.2, 0.25) is 0 Å². The molecule has 31 heavy (non-hydrogen) atoms. The van der Waals surface area contributed by atoms with Crippen molar-refractivity contribution < 1.29 is 4.74 Å². The van der Waals surface area contributed by atoms with Crippen LogP contribution in [0.5, 0.6) is 5.75 Å². The first-order chi connectivity index (χ1) is 15.3. The molecular formula is C29H33NO. The molecule has 3 aromatic carbocycles. The van der Waals surface area contributed by atoms with Crippen LogP contribution >= 0.6 is 0 Å². The molecule has 0 radical (unpaired) electrons. The van der Waals surface area contributed by atoms with Gasteiger partial charge in [-0.25, -0.2) is 0 Å². The van der Waals surface area contributed by atoms with Gasteiger partial charge in [-0.3, -0.25) is 4.90 Å². The van der Waals surface area contributed by atoms with E-state index in [2.05, 4.69) is 96.8 Å². The molecule has 1 heterocycles. The SMILES string of the molecule is CC/C(=C(\Cc1ccccc1)c1ccccc1)c1ccc(OCCN2CCCC2)cc1. The van der Waals surface area contributed by atoms with Crippen LogP contribution in [0.15, 0.2) is 84.9 Å². The van der Waals surface area contributed by atoms with Crippen molar-refractivity contribution in [1.29, 1.82) is 0 Å². The van der Waals surface area contributed by atoms with Gasteiger partial charge in [-0.05, 0) is 78.7 Å². The summed E-state index contributed by atoms with van der Waals surface area (Å²) in [7, 11) is 0. The summed E-state index contributed by atoms with van der Waals surface area (Å²) in [5, 5.41) is 0. The van der Waals surface area contributed by atoms with E-state index in [-0.39, 0.29) is 0 Å². The number of hydrogen-bond acceptors (Lipinski definition) is 2. The van der Waals surface area contributed by atoms with E-state index in [0.717, 1.165) is 31.7 Å². The second kappa shape index (κ2) is 11.0. The van der Waals surface area contributed by atoms with Crippen molar-refractivity contribution in [1.82, 2.24) is 4.90 Å². The summed E-state index contributed by atoms with van der Waals surface area (Å²) < 4.78 is 6.02. The van der Waals surface area contributed by atoms with Crippen LogP contribution in [0.1, 0.15) is 42.9 Å². The number of hydrogen-bond donors (Lipinski definition) is 0. The third kappa shape index (κ3) is 5.86. The molecule has 4 rings (SSSR count). The van der Waals surface area contributed by atoms with Gasteiger partial charge in [0.05, 0.1) is 0 Å². The lowest BCUT2D eigenvalue weighted by Gasteiger charge is -2.17. The summed E-state index contributed by atoms with van der Waals surface area (Å²) in [4.78, 5) is 2.49. The van der Waals surface area contributed by atoms with Crippen molar-refractivity contribution in [3.63, 3.8) is 0 Å². The van der Waals surface area contributed by atoms with E-state index < -0.39 is 0 Å². The van der Waals surface area contributed by atoms with Gasteiger partial charge in [-0.1, -0.05) is 79.7 Å². The quantitative estimate of drug-likeness (QED) is 0.362. The number of nitrogens with zero attached hydrogens (tertiary/aromatic N) is 1. The lowest BCUT2D eigenvalue weighted by atomic mass is 9.89. The Balaban J connectivity index is 1.55. The normalized spacial score (nSPS) is 15.0. The average molecular weight is 412 g/mol. The topological polar surface area (TPSA) is 12.5 Å². The predicted molar refractivity (Wildman–Crippen MR) is 131 cm³/mol. The van der Waals surface area contributed by atoms with Gasteiger partial charge in [0.1, 0.15) is 12.4 Å². The maximum absolute atomic E-state index is 6.02. The Labute approximate surface area is 187 Å². The number of benzene rings is 3. The van der Waals surface area contributed by atoms with E-state index in [4.69, 9.17) is 4.74 Å². The zero-order valence-corrected chi connectivity index (χ0v) is 18.6. The van der Waals surface area contributed by atoms with Crippen molar-refractivity contribution in [2.24, 2.45) is 0 Å². The highest BCUT2D eigenvalue weighted by atomic mass is 16.5. The lowest BCUT2D eigenvalue weighted by molar-refractivity contribution is 0.238. The molecule has 0 aliphatic carbocycles. The summed E-state index contributed by atoms with van der Waals surface area (Å²) in [6, 6.07) is 30.2. The highest BCUT2D eigenvalue weighted by molar-refractivity contribution is 5.91. The molecule has 0 N–H and O–H groups in total. The summed E-state index contributed by atoms with van der Waals surface area (Å²) in [5.74, 6) is 0.961. The van der Waals surface area contributed by atoms with E-state index in [9.17, 15) is 0 Å². The molecule has 0 spiro atoms. The molecule has 0 bridgehead atoms. The van der Waals surface area contributed by atoms with Crippen LogP contribution in [0, 0.1) is 0 Å². The standard InChI is InChI=1S/C29H33NO/c1-2-28(26-15-17-27(18-16-26)31-22-21-30-19-9-10-20-30)29(25-13-7-4-8-14-25)23-24-11-5-3-6-12-24/h3-8,11-18H,2,9-10,19-23H2,1H3/b29-28-. The highest BCUT2D eigenvalue weighted by Gasteiger charge is 2.13. The monoisotopic (exact) mass is 411 g/mol. The fraction of sp³-hybridized carbons (Fsp3) is 0.310. The van der Waals surface area contributed by atoms with Crippen LogP contribution in [0.25, 0.3) is 11.1 Å². The summed E-state index contributed by atoms with van der Waals surface area (Å²) in [6.45, 7) is 6.48. The minimum absolute atomic E-state index is 0.763. The zero-order chi connectivity index (χ0) is 21.3. The van der Waals surface area contributed by atoms with E-state index in [1.807, 2.05) is 0 Å². The second-order valence-corrected chi connectivity index (χ2v) is 8.26. The molecule has 0 atom stereocenters. The molecule has 0 saturated carbocycles. The van der Waals surface area contributed by atoms with Gasteiger partial charge in [0.15, 0.2) is 0 Å². The Morgan fingerprint density at radius 3 is 2.00 bits per heavy atom. The zero-order valence-electron chi connectivity index (χ0n) is 18.6. The van der Waals surface area contributed by atoms with E-state index in [1.165, 1.54) is 53.8 Å². The Morgan fingerprint density at radius 2 is 1.35 bits per heavy atom. The van der Waals surface area contributed by atoms with Crippen LogP contribution < -0.4 is 4.74 Å². The Kier molecular flexibility index (Phi) is 7.57.